The SMILES string of the molecule is CCOC(=O)c1c(-c2ccc(O)c(OC)c2)csc1N. The molecule has 106 valence electrons. The second-order valence-corrected chi connectivity index (χ2v) is 4.91. The molecule has 0 aliphatic carbocycles. The van der Waals surface area contributed by atoms with Crippen LogP contribution in [0.25, 0.3) is 11.1 Å². The van der Waals surface area contributed by atoms with Gasteiger partial charge in [-0.15, -0.1) is 11.3 Å². The number of benzene rings is 1. The smallest absolute Gasteiger partial charge is 0.341 e. The van der Waals surface area contributed by atoms with Gasteiger partial charge in [0.1, 0.15) is 10.6 Å². The molecule has 1 aromatic heterocycles. The summed E-state index contributed by atoms with van der Waals surface area (Å²) in [4.78, 5) is 12.0. The average Bonchev–Trinajstić information content (AvgIpc) is 2.81. The van der Waals surface area contributed by atoms with E-state index in [4.69, 9.17) is 15.2 Å². The molecule has 0 radical (unpaired) electrons. The van der Waals surface area contributed by atoms with Crippen molar-refractivity contribution >= 4 is 22.3 Å². The maximum absolute atomic E-state index is 12.0. The van der Waals surface area contributed by atoms with Crippen LogP contribution < -0.4 is 10.5 Å². The third-order valence-electron chi connectivity index (χ3n) is 2.79. The number of carbonyl (C=O) groups excluding carboxylic acids is 1. The number of nitrogen functional groups attached to an aromatic ring is 1. The number of methoxy groups -OCH3 is 1. The van der Waals surface area contributed by atoms with Crippen LogP contribution in [-0.4, -0.2) is 24.8 Å². The number of esters is 1. The Kier molecular flexibility index (Phi) is 4.14. The Labute approximate surface area is 120 Å². The normalized spacial score (nSPS) is 10.3. The largest absolute Gasteiger partial charge is 0.504 e. The fourth-order valence-corrected chi connectivity index (χ4v) is 2.65. The maximum Gasteiger partial charge on any atom is 0.341 e. The number of hydrogen-bond acceptors (Lipinski definition) is 6. The Hall–Kier alpha value is -2.21. The van der Waals surface area contributed by atoms with E-state index < -0.39 is 5.97 Å². The molecule has 3 N–H and O–H groups in total. The monoisotopic (exact) mass is 293 g/mol. The van der Waals surface area contributed by atoms with E-state index in [-0.39, 0.29) is 12.4 Å². The Bertz CT molecular complexity index is 636. The van der Waals surface area contributed by atoms with E-state index in [1.165, 1.54) is 24.5 Å². The van der Waals surface area contributed by atoms with Crippen molar-refractivity contribution in [2.75, 3.05) is 19.5 Å². The molecular weight excluding hydrogens is 278 g/mol. The van der Waals surface area contributed by atoms with Gasteiger partial charge in [0.15, 0.2) is 11.5 Å². The Morgan fingerprint density at radius 2 is 2.20 bits per heavy atom. The summed E-state index contributed by atoms with van der Waals surface area (Å²) >= 11 is 1.27. The lowest BCUT2D eigenvalue weighted by molar-refractivity contribution is 0.0529. The van der Waals surface area contributed by atoms with E-state index >= 15 is 0 Å². The predicted octanol–water partition coefficient (Wildman–Crippen LogP) is 2.89. The molecule has 2 rings (SSSR count). The molecule has 5 nitrogen and oxygen atoms in total. The maximum atomic E-state index is 12.0. The van der Waals surface area contributed by atoms with Crippen molar-refractivity contribution in [2.24, 2.45) is 0 Å². The lowest BCUT2D eigenvalue weighted by atomic mass is 10.0. The summed E-state index contributed by atoms with van der Waals surface area (Å²) in [5.74, 6) is -0.0764. The fourth-order valence-electron chi connectivity index (χ4n) is 1.84. The molecule has 0 saturated heterocycles. The van der Waals surface area contributed by atoms with Crippen LogP contribution in [0.3, 0.4) is 0 Å². The minimum atomic E-state index is -0.451. The van der Waals surface area contributed by atoms with Crippen molar-refractivity contribution < 1.29 is 19.4 Å². The molecule has 0 amide bonds. The Morgan fingerprint density at radius 1 is 1.45 bits per heavy atom. The molecule has 0 saturated carbocycles. The molecule has 20 heavy (non-hydrogen) atoms. The number of anilines is 1. The van der Waals surface area contributed by atoms with Crippen molar-refractivity contribution in [2.45, 2.75) is 6.92 Å². The predicted molar refractivity (Wildman–Crippen MR) is 78.3 cm³/mol. The second-order valence-electron chi connectivity index (χ2n) is 4.00. The highest BCUT2D eigenvalue weighted by molar-refractivity contribution is 7.14. The van der Waals surface area contributed by atoms with Gasteiger partial charge in [-0.25, -0.2) is 4.79 Å². The van der Waals surface area contributed by atoms with Crippen molar-refractivity contribution in [3.63, 3.8) is 0 Å². The lowest BCUT2D eigenvalue weighted by Crippen LogP contribution is -2.07. The topological polar surface area (TPSA) is 81.8 Å². The molecule has 6 heteroatoms. The molecule has 2 aromatic rings. The zero-order valence-electron chi connectivity index (χ0n) is 11.2. The summed E-state index contributed by atoms with van der Waals surface area (Å²) < 4.78 is 10.1. The van der Waals surface area contributed by atoms with Crippen LogP contribution in [0.1, 0.15) is 17.3 Å². The van der Waals surface area contributed by atoms with Gasteiger partial charge in [-0.3, -0.25) is 0 Å². The lowest BCUT2D eigenvalue weighted by Gasteiger charge is -2.08. The molecular formula is C14H15NO4S. The number of rotatable bonds is 4. The standard InChI is InChI=1S/C14H15NO4S/c1-3-19-14(17)12-9(7-20-13(12)15)8-4-5-10(16)11(6-8)18-2/h4-7,16H,3,15H2,1-2H3. The average molecular weight is 293 g/mol. The van der Waals surface area contributed by atoms with Crippen molar-refractivity contribution in [3.8, 4) is 22.6 Å². The van der Waals surface area contributed by atoms with Crippen LogP contribution in [-0.2, 0) is 4.74 Å². The number of phenolic OH excluding ortho intramolecular Hbond substituents is 1. The summed E-state index contributed by atoms with van der Waals surface area (Å²) in [6, 6.07) is 4.86. The van der Waals surface area contributed by atoms with Crippen molar-refractivity contribution in [3.05, 3.63) is 29.1 Å². The minimum absolute atomic E-state index is 0.0390. The number of ether oxygens (including phenoxy) is 2. The van der Waals surface area contributed by atoms with Crippen LogP contribution in [0, 0.1) is 0 Å². The molecule has 0 bridgehead atoms. The third-order valence-corrected chi connectivity index (χ3v) is 3.60. The van der Waals surface area contributed by atoms with E-state index in [0.717, 1.165) is 5.56 Å². The first kappa shape index (κ1) is 14.2. The highest BCUT2D eigenvalue weighted by Crippen LogP contribution is 2.37. The van der Waals surface area contributed by atoms with Crippen molar-refractivity contribution in [1.82, 2.24) is 0 Å². The van der Waals surface area contributed by atoms with Gasteiger partial charge in [0.25, 0.3) is 0 Å². The fraction of sp³-hybridized carbons (Fsp3) is 0.214. The van der Waals surface area contributed by atoms with E-state index in [0.29, 0.717) is 21.9 Å². The number of carbonyl (C=O) groups is 1. The number of hydrogen-bond donors (Lipinski definition) is 2. The molecule has 0 atom stereocenters. The van der Waals surface area contributed by atoms with Gasteiger partial charge in [0.2, 0.25) is 0 Å². The molecule has 0 aliphatic heterocycles. The Morgan fingerprint density at radius 3 is 2.85 bits per heavy atom. The summed E-state index contributed by atoms with van der Waals surface area (Å²) in [6.45, 7) is 2.02. The number of nitrogens with two attached hydrogens (primary N) is 1. The molecule has 0 fully saturated rings. The number of thiophene rings is 1. The molecule has 0 aliphatic rings. The van der Waals surface area contributed by atoms with Crippen LogP contribution in [0.2, 0.25) is 0 Å². The first-order valence-electron chi connectivity index (χ1n) is 6.00. The summed E-state index contributed by atoms with van der Waals surface area (Å²) in [7, 11) is 1.47. The van der Waals surface area contributed by atoms with Gasteiger partial charge in [0, 0.05) is 10.9 Å². The van der Waals surface area contributed by atoms with E-state index in [1.54, 1.807) is 24.4 Å². The zero-order chi connectivity index (χ0) is 14.7. The summed E-state index contributed by atoms with van der Waals surface area (Å²) in [5.41, 5.74) is 7.60. The molecule has 1 heterocycles. The van der Waals surface area contributed by atoms with Gasteiger partial charge < -0.3 is 20.3 Å². The molecule has 1 aromatic carbocycles. The van der Waals surface area contributed by atoms with Crippen LogP contribution >= 0.6 is 11.3 Å². The van der Waals surface area contributed by atoms with Crippen LogP contribution in [0.5, 0.6) is 11.5 Å². The molecule has 0 spiro atoms. The van der Waals surface area contributed by atoms with E-state index in [9.17, 15) is 9.90 Å². The number of phenols is 1. The number of aromatic hydroxyl groups is 1. The highest BCUT2D eigenvalue weighted by atomic mass is 32.1. The summed E-state index contributed by atoms with van der Waals surface area (Å²) in [5, 5.41) is 11.8. The van der Waals surface area contributed by atoms with Gasteiger partial charge in [-0.05, 0) is 24.6 Å². The first-order valence-corrected chi connectivity index (χ1v) is 6.87. The van der Waals surface area contributed by atoms with Crippen molar-refractivity contribution in [1.29, 1.82) is 0 Å². The van der Waals surface area contributed by atoms with E-state index in [2.05, 4.69) is 0 Å². The molecule has 0 unspecified atom stereocenters. The van der Waals surface area contributed by atoms with Gasteiger partial charge in [-0.2, -0.15) is 0 Å². The Balaban J connectivity index is 2.51. The zero-order valence-corrected chi connectivity index (χ0v) is 12.0. The van der Waals surface area contributed by atoms with Gasteiger partial charge >= 0.3 is 5.97 Å². The van der Waals surface area contributed by atoms with Gasteiger partial charge in [-0.1, -0.05) is 6.07 Å². The summed E-state index contributed by atoms with van der Waals surface area (Å²) in [6.07, 6.45) is 0. The van der Waals surface area contributed by atoms with Crippen LogP contribution in [0.15, 0.2) is 23.6 Å². The first-order chi connectivity index (χ1) is 9.58. The highest BCUT2D eigenvalue weighted by Gasteiger charge is 2.20. The quantitative estimate of drug-likeness (QED) is 0.847. The van der Waals surface area contributed by atoms with Crippen LogP contribution in [0.4, 0.5) is 5.00 Å². The minimum Gasteiger partial charge on any atom is -0.504 e. The van der Waals surface area contributed by atoms with Gasteiger partial charge in [0.05, 0.1) is 13.7 Å². The van der Waals surface area contributed by atoms with E-state index in [1.807, 2.05) is 0 Å². The second kappa shape index (κ2) is 5.83. The third kappa shape index (κ3) is 2.55.